The van der Waals surface area contributed by atoms with Crippen molar-refractivity contribution in [1.29, 1.82) is 0 Å². The van der Waals surface area contributed by atoms with Crippen LogP contribution in [0, 0.1) is 23.7 Å². The van der Waals surface area contributed by atoms with Crippen LogP contribution >= 0.6 is 0 Å². The molecule has 1 aromatic rings. The molecule has 4 rings (SSSR count). The van der Waals surface area contributed by atoms with Crippen LogP contribution in [0.1, 0.15) is 37.8 Å². The molecule has 0 radical (unpaired) electrons. The van der Waals surface area contributed by atoms with E-state index in [4.69, 9.17) is 0 Å². The number of hydrogen-bond acceptors (Lipinski definition) is 3. The van der Waals surface area contributed by atoms with Crippen molar-refractivity contribution >= 4 is 23.2 Å². The Hall–Kier alpha value is -2.17. The molecule has 1 saturated carbocycles. The lowest BCUT2D eigenvalue weighted by Gasteiger charge is -2.38. The summed E-state index contributed by atoms with van der Waals surface area (Å²) in [6.45, 7) is 4.10. The highest BCUT2D eigenvalue weighted by Crippen LogP contribution is 2.40. The zero-order valence-electron chi connectivity index (χ0n) is 13.4. The zero-order valence-corrected chi connectivity index (χ0v) is 13.4. The number of anilines is 1. The van der Waals surface area contributed by atoms with Gasteiger partial charge in [0.05, 0.1) is 5.71 Å². The summed E-state index contributed by atoms with van der Waals surface area (Å²) in [7, 11) is 0. The summed E-state index contributed by atoms with van der Waals surface area (Å²) in [5.74, 6) is 0.780. The van der Waals surface area contributed by atoms with Gasteiger partial charge < -0.3 is 5.32 Å². The number of nitrogens with one attached hydrogen (secondary N) is 2. The van der Waals surface area contributed by atoms with E-state index in [-0.39, 0.29) is 29.6 Å². The fraction of sp³-hybridized carbons (Fsp3) is 0.500. The minimum absolute atomic E-state index is 0.00757. The third-order valence-corrected chi connectivity index (χ3v) is 5.72. The molecule has 0 saturated heterocycles. The van der Waals surface area contributed by atoms with Crippen LogP contribution in [0.2, 0.25) is 0 Å². The summed E-state index contributed by atoms with van der Waals surface area (Å²) in [5, 5.41) is 7.34. The van der Waals surface area contributed by atoms with Crippen LogP contribution in [0.4, 0.5) is 5.69 Å². The van der Waals surface area contributed by atoms with Crippen molar-refractivity contribution in [3.05, 3.63) is 29.3 Å². The maximum absolute atomic E-state index is 12.1. The Bertz CT molecular complexity index is 725. The van der Waals surface area contributed by atoms with E-state index in [0.717, 1.165) is 41.8 Å². The minimum Gasteiger partial charge on any atom is -0.326 e. The fourth-order valence-electron chi connectivity index (χ4n) is 3.77. The predicted molar refractivity (Wildman–Crippen MR) is 88.0 cm³/mol. The second-order valence-corrected chi connectivity index (χ2v) is 7.09. The minimum atomic E-state index is 0.00757. The third kappa shape index (κ3) is 2.26. The molecule has 2 heterocycles. The normalized spacial score (nSPS) is 32.5. The number of fused-ring (bicyclic) bond motifs is 2. The molecule has 2 N–H and O–H groups in total. The van der Waals surface area contributed by atoms with E-state index >= 15 is 0 Å². The Labute approximate surface area is 135 Å². The molecule has 3 aliphatic rings. The molecule has 5 nitrogen and oxygen atoms in total. The van der Waals surface area contributed by atoms with Crippen LogP contribution in [0.3, 0.4) is 0 Å². The molecule has 120 valence electrons. The lowest BCUT2D eigenvalue weighted by atomic mass is 9.68. The van der Waals surface area contributed by atoms with Gasteiger partial charge in [-0.05, 0) is 48.4 Å². The molecule has 4 unspecified atom stereocenters. The number of rotatable bonds is 1. The van der Waals surface area contributed by atoms with Gasteiger partial charge in [-0.3, -0.25) is 9.59 Å². The number of carbonyl (C=O) groups excluding carboxylic acids is 2. The lowest BCUT2D eigenvalue weighted by molar-refractivity contribution is -0.129. The smallest absolute Gasteiger partial charge is 0.243 e. The summed E-state index contributed by atoms with van der Waals surface area (Å²) in [6.07, 6.45) is 2.85. The van der Waals surface area contributed by atoms with Gasteiger partial charge in [0.15, 0.2) is 0 Å². The molecule has 0 bridgehead atoms. The first kappa shape index (κ1) is 14.4. The zero-order chi connectivity index (χ0) is 16.1. The summed E-state index contributed by atoms with van der Waals surface area (Å²) in [5.41, 5.74) is 6.77. The van der Waals surface area contributed by atoms with E-state index in [2.05, 4.69) is 28.8 Å². The van der Waals surface area contributed by atoms with Gasteiger partial charge in [-0.1, -0.05) is 19.9 Å². The largest absolute Gasteiger partial charge is 0.326 e. The third-order valence-electron chi connectivity index (χ3n) is 5.72. The number of benzene rings is 1. The van der Waals surface area contributed by atoms with Gasteiger partial charge in [-0.15, -0.1) is 0 Å². The molecule has 23 heavy (non-hydrogen) atoms. The van der Waals surface area contributed by atoms with Crippen LogP contribution in [0.15, 0.2) is 23.3 Å². The first-order chi connectivity index (χ1) is 11.0. The second kappa shape index (κ2) is 5.18. The fourth-order valence-corrected chi connectivity index (χ4v) is 3.77. The summed E-state index contributed by atoms with van der Waals surface area (Å²) in [6, 6.07) is 6.11. The Morgan fingerprint density at radius 1 is 1.09 bits per heavy atom. The number of hydrogen-bond donors (Lipinski definition) is 2. The molecule has 0 aromatic heterocycles. The van der Waals surface area contributed by atoms with Crippen LogP contribution < -0.4 is 10.7 Å². The molecule has 4 atom stereocenters. The van der Waals surface area contributed by atoms with Gasteiger partial charge in [0.1, 0.15) is 0 Å². The highest BCUT2D eigenvalue weighted by molar-refractivity contribution is 6.08. The quantitative estimate of drug-likeness (QED) is 0.835. The van der Waals surface area contributed by atoms with Gasteiger partial charge in [-0.2, -0.15) is 5.10 Å². The topological polar surface area (TPSA) is 70.6 Å². The van der Waals surface area contributed by atoms with Crippen LogP contribution in [-0.4, -0.2) is 17.5 Å². The average molecular weight is 311 g/mol. The highest BCUT2D eigenvalue weighted by atomic mass is 16.2. The lowest BCUT2D eigenvalue weighted by Crippen LogP contribution is -2.47. The molecule has 2 aliphatic heterocycles. The number of carbonyl (C=O) groups is 2. The van der Waals surface area contributed by atoms with Gasteiger partial charge in [-0.25, -0.2) is 5.43 Å². The highest BCUT2D eigenvalue weighted by Gasteiger charge is 2.43. The molecular formula is C18H21N3O2. The van der Waals surface area contributed by atoms with E-state index < -0.39 is 0 Å². The molecule has 2 amide bonds. The Morgan fingerprint density at radius 2 is 1.87 bits per heavy atom. The molecule has 1 aromatic carbocycles. The van der Waals surface area contributed by atoms with Gasteiger partial charge in [0.25, 0.3) is 0 Å². The maximum atomic E-state index is 12.1. The van der Waals surface area contributed by atoms with E-state index in [0.29, 0.717) is 5.92 Å². The van der Waals surface area contributed by atoms with Gasteiger partial charge in [0, 0.05) is 23.4 Å². The SMILES string of the molecule is CC1Cc2cc(C3=NNC(=O)C4CCC34)ccc2NC(=O)C1C. The standard InChI is InChI=1S/C18H21N3O2/c1-9-7-12-8-11(3-6-15(12)19-17(22)10(9)2)16-13-4-5-14(13)18(23)21-20-16/h3,6,8-10,13-14H,4-5,7H2,1-2H3,(H,19,22)(H,21,23). The molecule has 0 spiro atoms. The van der Waals surface area contributed by atoms with Crippen molar-refractivity contribution in [2.24, 2.45) is 28.8 Å². The Morgan fingerprint density at radius 3 is 2.61 bits per heavy atom. The van der Waals surface area contributed by atoms with Crippen LogP contribution in [0.25, 0.3) is 0 Å². The van der Waals surface area contributed by atoms with Crippen molar-refractivity contribution in [2.45, 2.75) is 33.1 Å². The number of nitrogens with zero attached hydrogens (tertiary/aromatic N) is 1. The second-order valence-electron chi connectivity index (χ2n) is 7.09. The Balaban J connectivity index is 1.69. The number of hydrazone groups is 1. The van der Waals surface area contributed by atoms with Crippen LogP contribution in [-0.2, 0) is 16.0 Å². The first-order valence-electron chi connectivity index (χ1n) is 8.36. The van der Waals surface area contributed by atoms with Crippen molar-refractivity contribution in [2.75, 3.05) is 5.32 Å². The van der Waals surface area contributed by atoms with E-state index in [9.17, 15) is 9.59 Å². The van der Waals surface area contributed by atoms with Gasteiger partial charge >= 0.3 is 0 Å². The molecule has 1 aliphatic carbocycles. The molecular weight excluding hydrogens is 290 g/mol. The average Bonchev–Trinajstić information content (AvgIpc) is 2.59. The van der Waals surface area contributed by atoms with E-state index in [1.807, 2.05) is 19.1 Å². The Kier molecular flexibility index (Phi) is 3.25. The summed E-state index contributed by atoms with van der Waals surface area (Å²) in [4.78, 5) is 23.9. The maximum Gasteiger partial charge on any atom is 0.243 e. The number of amides is 2. The molecule has 5 heteroatoms. The van der Waals surface area contributed by atoms with E-state index in [1.54, 1.807) is 0 Å². The van der Waals surface area contributed by atoms with E-state index in [1.165, 1.54) is 0 Å². The van der Waals surface area contributed by atoms with Crippen LogP contribution in [0.5, 0.6) is 0 Å². The van der Waals surface area contributed by atoms with Crippen molar-refractivity contribution in [3.8, 4) is 0 Å². The summed E-state index contributed by atoms with van der Waals surface area (Å²) < 4.78 is 0. The summed E-state index contributed by atoms with van der Waals surface area (Å²) >= 11 is 0. The first-order valence-corrected chi connectivity index (χ1v) is 8.36. The van der Waals surface area contributed by atoms with Gasteiger partial charge in [0.2, 0.25) is 11.8 Å². The van der Waals surface area contributed by atoms with Crippen molar-refractivity contribution in [3.63, 3.8) is 0 Å². The monoisotopic (exact) mass is 311 g/mol. The predicted octanol–water partition coefficient (Wildman–Crippen LogP) is 2.31. The van der Waals surface area contributed by atoms with Crippen molar-refractivity contribution in [1.82, 2.24) is 5.43 Å². The van der Waals surface area contributed by atoms with Crippen molar-refractivity contribution < 1.29 is 9.59 Å². The molecule has 1 fully saturated rings.